The molecule has 0 rings (SSSR count). The zero-order chi connectivity index (χ0) is 23.6. The second kappa shape index (κ2) is 25.6. The van der Waals surface area contributed by atoms with Gasteiger partial charge in [-0.05, 0) is 19.3 Å². The van der Waals surface area contributed by atoms with Crippen molar-refractivity contribution in [3.05, 3.63) is 0 Å². The van der Waals surface area contributed by atoms with Crippen molar-refractivity contribution in [2.45, 2.75) is 200 Å². The van der Waals surface area contributed by atoms with E-state index in [1.807, 2.05) is 0 Å². The lowest BCUT2D eigenvalue weighted by Crippen LogP contribution is -2.28. The molecular formula is C31H64O. The molecule has 0 aliphatic heterocycles. The molecule has 0 aromatic heterocycles. The Morgan fingerprint density at radius 2 is 0.500 bits per heavy atom. The van der Waals surface area contributed by atoms with Crippen LogP contribution in [0.2, 0.25) is 0 Å². The van der Waals surface area contributed by atoms with Crippen molar-refractivity contribution >= 4 is 0 Å². The predicted octanol–water partition coefficient (Wildman–Crippen LogP) is 11.3. The van der Waals surface area contributed by atoms with Crippen molar-refractivity contribution < 1.29 is 5.11 Å². The molecule has 194 valence electrons. The Balaban J connectivity index is 4.04. The van der Waals surface area contributed by atoms with Crippen LogP contribution in [0.4, 0.5) is 0 Å². The molecular weight excluding hydrogens is 388 g/mol. The van der Waals surface area contributed by atoms with Gasteiger partial charge in [0.05, 0.1) is 5.60 Å². The lowest BCUT2D eigenvalue weighted by atomic mass is 9.85. The van der Waals surface area contributed by atoms with Crippen molar-refractivity contribution in [1.29, 1.82) is 0 Å². The number of unbranched alkanes of at least 4 members (excludes halogenated alkanes) is 21. The van der Waals surface area contributed by atoms with E-state index < -0.39 is 0 Å². The van der Waals surface area contributed by atoms with Gasteiger partial charge in [-0.2, -0.15) is 0 Å². The van der Waals surface area contributed by atoms with Gasteiger partial charge in [0.25, 0.3) is 0 Å². The average molecular weight is 453 g/mol. The fraction of sp³-hybridized carbons (Fsp3) is 1.00. The normalized spacial score (nSPS) is 12.0. The molecule has 0 aromatic rings. The summed E-state index contributed by atoms with van der Waals surface area (Å²) in [4.78, 5) is 0. The predicted molar refractivity (Wildman–Crippen MR) is 147 cm³/mol. The molecule has 0 amide bonds. The molecule has 0 heterocycles. The van der Waals surface area contributed by atoms with E-state index in [0.717, 1.165) is 19.3 Å². The summed E-state index contributed by atoms with van der Waals surface area (Å²) >= 11 is 0. The van der Waals surface area contributed by atoms with Gasteiger partial charge in [0.15, 0.2) is 0 Å². The topological polar surface area (TPSA) is 20.2 Å². The first-order valence-corrected chi connectivity index (χ1v) is 15.4. The second-order valence-corrected chi connectivity index (χ2v) is 10.9. The first-order valence-electron chi connectivity index (χ1n) is 15.4. The molecule has 0 saturated carbocycles. The molecule has 0 saturated heterocycles. The third-order valence-electron chi connectivity index (χ3n) is 7.49. The smallest absolute Gasteiger partial charge is 0.0647 e. The molecule has 0 fully saturated rings. The average Bonchev–Trinajstić information content (AvgIpc) is 2.79. The van der Waals surface area contributed by atoms with Crippen molar-refractivity contribution in [2.24, 2.45) is 0 Å². The van der Waals surface area contributed by atoms with Crippen LogP contribution >= 0.6 is 0 Å². The quantitative estimate of drug-likeness (QED) is 0.123. The van der Waals surface area contributed by atoms with E-state index in [1.54, 1.807) is 0 Å². The van der Waals surface area contributed by atoms with E-state index in [4.69, 9.17) is 0 Å². The van der Waals surface area contributed by atoms with Crippen LogP contribution in [-0.2, 0) is 0 Å². The summed E-state index contributed by atoms with van der Waals surface area (Å²) in [5.74, 6) is 0. The number of hydrogen-bond acceptors (Lipinski definition) is 1. The maximum absolute atomic E-state index is 11.4. The van der Waals surface area contributed by atoms with Gasteiger partial charge < -0.3 is 5.11 Å². The van der Waals surface area contributed by atoms with Crippen LogP contribution in [0.5, 0.6) is 0 Å². The van der Waals surface area contributed by atoms with E-state index in [2.05, 4.69) is 20.8 Å². The fourth-order valence-electron chi connectivity index (χ4n) is 5.14. The van der Waals surface area contributed by atoms with Gasteiger partial charge in [-0.25, -0.2) is 0 Å². The first-order chi connectivity index (χ1) is 15.7. The standard InChI is InChI=1S/C31H64O/c1-4-7-10-13-16-19-22-25-28-31(32,29-26-23-20-17-14-11-8-5-2)30-27-24-21-18-15-12-9-6-3/h32H,4-30H2,1-3H3. The third kappa shape index (κ3) is 23.1. The summed E-state index contributed by atoms with van der Waals surface area (Å²) < 4.78 is 0. The molecule has 0 atom stereocenters. The van der Waals surface area contributed by atoms with E-state index in [0.29, 0.717) is 0 Å². The Morgan fingerprint density at radius 3 is 0.719 bits per heavy atom. The van der Waals surface area contributed by atoms with Crippen LogP contribution in [-0.4, -0.2) is 10.7 Å². The highest BCUT2D eigenvalue weighted by atomic mass is 16.3. The SMILES string of the molecule is CCCCCCCCCCC(O)(CCCCCCCCCC)CCCCCCCCCC. The molecule has 0 aliphatic rings. The Hall–Kier alpha value is -0.0400. The molecule has 0 spiro atoms. The Labute approximate surface area is 204 Å². The van der Waals surface area contributed by atoms with Crippen LogP contribution in [0, 0.1) is 0 Å². The maximum atomic E-state index is 11.4. The molecule has 1 nitrogen and oxygen atoms in total. The van der Waals surface area contributed by atoms with Crippen LogP contribution < -0.4 is 0 Å². The number of rotatable bonds is 27. The summed E-state index contributed by atoms with van der Waals surface area (Å²) in [7, 11) is 0. The molecule has 1 heteroatoms. The minimum Gasteiger partial charge on any atom is -0.390 e. The number of aliphatic hydroxyl groups is 1. The van der Waals surface area contributed by atoms with Gasteiger partial charge in [-0.3, -0.25) is 0 Å². The van der Waals surface area contributed by atoms with Crippen LogP contribution in [0.1, 0.15) is 194 Å². The van der Waals surface area contributed by atoms with E-state index in [9.17, 15) is 5.11 Å². The lowest BCUT2D eigenvalue weighted by Gasteiger charge is -2.29. The van der Waals surface area contributed by atoms with Crippen molar-refractivity contribution in [1.82, 2.24) is 0 Å². The monoisotopic (exact) mass is 452 g/mol. The van der Waals surface area contributed by atoms with Gasteiger partial charge >= 0.3 is 0 Å². The van der Waals surface area contributed by atoms with Crippen molar-refractivity contribution in [2.75, 3.05) is 0 Å². The first kappa shape index (κ1) is 32.0. The molecule has 0 bridgehead atoms. The highest BCUT2D eigenvalue weighted by Crippen LogP contribution is 2.29. The van der Waals surface area contributed by atoms with E-state index in [1.165, 1.54) is 154 Å². The van der Waals surface area contributed by atoms with E-state index >= 15 is 0 Å². The van der Waals surface area contributed by atoms with E-state index in [-0.39, 0.29) is 5.60 Å². The Morgan fingerprint density at radius 1 is 0.312 bits per heavy atom. The summed E-state index contributed by atoms with van der Waals surface area (Å²) in [6.07, 6.45) is 35.8. The molecule has 0 unspecified atom stereocenters. The lowest BCUT2D eigenvalue weighted by molar-refractivity contribution is 0.00704. The molecule has 32 heavy (non-hydrogen) atoms. The summed E-state index contributed by atoms with van der Waals surface area (Å²) in [5, 5.41) is 11.4. The molecule has 0 aromatic carbocycles. The van der Waals surface area contributed by atoms with Crippen molar-refractivity contribution in [3.63, 3.8) is 0 Å². The Bertz CT molecular complexity index is 287. The van der Waals surface area contributed by atoms with Gasteiger partial charge in [0.1, 0.15) is 0 Å². The highest BCUT2D eigenvalue weighted by Gasteiger charge is 2.25. The minimum absolute atomic E-state index is 0.368. The Kier molecular flexibility index (Phi) is 25.5. The molecule has 0 radical (unpaired) electrons. The molecule has 1 N–H and O–H groups in total. The fourth-order valence-corrected chi connectivity index (χ4v) is 5.14. The van der Waals surface area contributed by atoms with Crippen molar-refractivity contribution in [3.8, 4) is 0 Å². The minimum atomic E-state index is -0.368. The zero-order valence-electron chi connectivity index (χ0n) is 23.0. The van der Waals surface area contributed by atoms with Gasteiger partial charge in [-0.1, -0.05) is 175 Å². The van der Waals surface area contributed by atoms with Crippen LogP contribution in [0.15, 0.2) is 0 Å². The third-order valence-corrected chi connectivity index (χ3v) is 7.49. The van der Waals surface area contributed by atoms with Gasteiger partial charge in [-0.15, -0.1) is 0 Å². The zero-order valence-corrected chi connectivity index (χ0v) is 23.0. The van der Waals surface area contributed by atoms with Gasteiger partial charge in [0, 0.05) is 0 Å². The van der Waals surface area contributed by atoms with Gasteiger partial charge in [0.2, 0.25) is 0 Å². The highest BCUT2D eigenvalue weighted by molar-refractivity contribution is 4.78. The largest absolute Gasteiger partial charge is 0.390 e. The molecule has 0 aliphatic carbocycles. The maximum Gasteiger partial charge on any atom is 0.0647 e. The van der Waals surface area contributed by atoms with Crippen LogP contribution in [0.25, 0.3) is 0 Å². The van der Waals surface area contributed by atoms with Crippen LogP contribution in [0.3, 0.4) is 0 Å². The number of hydrogen-bond donors (Lipinski definition) is 1. The summed E-state index contributed by atoms with van der Waals surface area (Å²) in [5.41, 5.74) is -0.368. The summed E-state index contributed by atoms with van der Waals surface area (Å²) in [6, 6.07) is 0. The summed E-state index contributed by atoms with van der Waals surface area (Å²) in [6.45, 7) is 6.87. The second-order valence-electron chi connectivity index (χ2n) is 10.9.